The third-order valence-electron chi connectivity index (χ3n) is 7.61. The average Bonchev–Trinajstić information content (AvgIpc) is 3.48. The summed E-state index contributed by atoms with van der Waals surface area (Å²) in [6.07, 6.45) is 0. The van der Waals surface area contributed by atoms with Gasteiger partial charge in [0.05, 0.1) is 5.41 Å². The lowest BCUT2D eigenvalue weighted by molar-refractivity contribution is 0.668. The summed E-state index contributed by atoms with van der Waals surface area (Å²) in [5, 5.41) is 2.28. The summed E-state index contributed by atoms with van der Waals surface area (Å²) < 4.78 is 8.55. The van der Waals surface area contributed by atoms with Crippen LogP contribution in [-0.2, 0) is 5.41 Å². The van der Waals surface area contributed by atoms with E-state index in [0.717, 1.165) is 30.9 Å². The maximum atomic E-state index is 6.35. The molecule has 8 rings (SSSR count). The van der Waals surface area contributed by atoms with E-state index in [-0.39, 0.29) is 0 Å². The van der Waals surface area contributed by atoms with Crippen LogP contribution in [-0.4, -0.2) is 0 Å². The van der Waals surface area contributed by atoms with Gasteiger partial charge in [0.15, 0.2) is 0 Å². The lowest BCUT2D eigenvalue weighted by atomic mass is 9.70. The molecule has 0 fully saturated rings. The molecule has 1 nitrogen and oxygen atoms in total. The molecule has 5 aromatic carbocycles. The van der Waals surface area contributed by atoms with Crippen LogP contribution in [0.5, 0.6) is 0 Å². The van der Waals surface area contributed by atoms with Crippen molar-refractivity contribution in [3.8, 4) is 22.3 Å². The maximum absolute atomic E-state index is 6.35. The van der Waals surface area contributed by atoms with Gasteiger partial charge in [-0.3, -0.25) is 0 Å². The first kappa shape index (κ1) is 19.2. The fraction of sp³-hybridized carbons (Fsp3) is 0.0323. The Bertz CT molecular complexity index is 1800. The fourth-order valence-electron chi connectivity index (χ4n) is 6.41. The van der Waals surface area contributed by atoms with E-state index in [4.69, 9.17) is 4.42 Å². The summed E-state index contributed by atoms with van der Waals surface area (Å²) in [7, 11) is 0. The molecule has 1 spiro atoms. The Kier molecular flexibility index (Phi) is 3.67. The second kappa shape index (κ2) is 6.50. The first-order chi connectivity index (χ1) is 16.7. The summed E-state index contributed by atoms with van der Waals surface area (Å²) in [5.74, 6) is 0. The van der Waals surface area contributed by atoms with Crippen molar-refractivity contribution in [3.05, 3.63) is 128 Å². The van der Waals surface area contributed by atoms with Gasteiger partial charge in [-0.2, -0.15) is 0 Å². The Morgan fingerprint density at radius 2 is 1.21 bits per heavy atom. The molecule has 1 heterocycles. The minimum absolute atomic E-state index is 0.396. The molecule has 0 saturated carbocycles. The molecule has 0 atom stereocenters. The van der Waals surface area contributed by atoms with Crippen molar-refractivity contribution in [2.24, 2.45) is 0 Å². The number of hydrogen-bond acceptors (Lipinski definition) is 1. The minimum atomic E-state index is -0.396. The van der Waals surface area contributed by atoms with E-state index >= 15 is 0 Å². The van der Waals surface area contributed by atoms with Gasteiger partial charge < -0.3 is 4.42 Å². The van der Waals surface area contributed by atoms with Gasteiger partial charge in [0, 0.05) is 19.7 Å². The van der Waals surface area contributed by atoms with Crippen LogP contribution in [0.2, 0.25) is 0 Å². The van der Waals surface area contributed by atoms with Gasteiger partial charge in [-0.25, -0.2) is 0 Å². The molecule has 34 heavy (non-hydrogen) atoms. The second-order valence-corrected chi connectivity index (χ2v) is 10.8. The SMILES string of the molecule is Brc1ccc2c(c1)C1(c3ccccc3-c3ccccc31)c1c-2cc2oc3ccccc3c2c1Br. The minimum Gasteiger partial charge on any atom is -0.456 e. The van der Waals surface area contributed by atoms with E-state index in [1.165, 1.54) is 44.5 Å². The number of fused-ring (bicyclic) bond motifs is 13. The highest BCUT2D eigenvalue weighted by molar-refractivity contribution is 9.11. The van der Waals surface area contributed by atoms with Gasteiger partial charge in [-0.15, -0.1) is 0 Å². The number of hydrogen-bond donors (Lipinski definition) is 0. The Labute approximate surface area is 213 Å². The van der Waals surface area contributed by atoms with Gasteiger partial charge in [0.2, 0.25) is 0 Å². The number of rotatable bonds is 0. The molecule has 6 aromatic rings. The average molecular weight is 564 g/mol. The Hall–Kier alpha value is -3.14. The molecule has 0 N–H and O–H groups in total. The highest BCUT2D eigenvalue weighted by atomic mass is 79.9. The molecule has 2 aliphatic carbocycles. The zero-order valence-corrected chi connectivity index (χ0v) is 21.1. The zero-order chi connectivity index (χ0) is 22.6. The predicted octanol–water partition coefficient (Wildman–Crippen LogP) is 9.45. The van der Waals surface area contributed by atoms with E-state index in [9.17, 15) is 0 Å². The molecule has 3 heteroatoms. The summed E-state index contributed by atoms with van der Waals surface area (Å²) >= 11 is 7.91. The van der Waals surface area contributed by atoms with Crippen LogP contribution >= 0.6 is 31.9 Å². The molecule has 0 amide bonds. The molecule has 0 unspecified atom stereocenters. The smallest absolute Gasteiger partial charge is 0.137 e. The van der Waals surface area contributed by atoms with Crippen molar-refractivity contribution >= 4 is 53.8 Å². The summed E-state index contributed by atoms with van der Waals surface area (Å²) in [4.78, 5) is 0. The molecule has 0 bridgehead atoms. The van der Waals surface area contributed by atoms with E-state index in [2.05, 4.69) is 117 Å². The van der Waals surface area contributed by atoms with E-state index in [1.54, 1.807) is 0 Å². The van der Waals surface area contributed by atoms with Crippen molar-refractivity contribution < 1.29 is 4.42 Å². The number of para-hydroxylation sites is 1. The summed E-state index contributed by atoms with van der Waals surface area (Å²) in [6.45, 7) is 0. The van der Waals surface area contributed by atoms with Crippen LogP contribution in [0.3, 0.4) is 0 Å². The molecular weight excluding hydrogens is 548 g/mol. The van der Waals surface area contributed by atoms with Crippen LogP contribution in [0.15, 0.2) is 110 Å². The van der Waals surface area contributed by atoms with Crippen molar-refractivity contribution in [1.82, 2.24) is 0 Å². The molecule has 2 aliphatic rings. The lowest BCUT2D eigenvalue weighted by Gasteiger charge is -2.31. The standard InChI is InChI=1S/C31H16Br2O/c32-17-13-14-20-22-16-27-28(21-9-3-6-12-26(21)34-27)30(33)29(22)31(25(20)15-17)23-10-4-1-7-18(23)19-8-2-5-11-24(19)31/h1-16H. The van der Waals surface area contributed by atoms with Gasteiger partial charge in [-0.1, -0.05) is 88.7 Å². The van der Waals surface area contributed by atoms with Gasteiger partial charge in [0.25, 0.3) is 0 Å². The molecule has 0 radical (unpaired) electrons. The molecule has 160 valence electrons. The maximum Gasteiger partial charge on any atom is 0.137 e. The van der Waals surface area contributed by atoms with Crippen LogP contribution in [0, 0.1) is 0 Å². The normalized spacial score (nSPS) is 14.4. The van der Waals surface area contributed by atoms with Crippen molar-refractivity contribution in [2.75, 3.05) is 0 Å². The van der Waals surface area contributed by atoms with Crippen molar-refractivity contribution in [1.29, 1.82) is 0 Å². The Balaban J connectivity index is 1.65. The molecule has 0 saturated heterocycles. The first-order valence-corrected chi connectivity index (χ1v) is 12.9. The second-order valence-electron chi connectivity index (χ2n) is 9.12. The predicted molar refractivity (Wildman–Crippen MR) is 145 cm³/mol. The highest BCUT2D eigenvalue weighted by Crippen LogP contribution is 2.65. The molecular formula is C31H16Br2O. The van der Waals surface area contributed by atoms with Gasteiger partial charge in [0.1, 0.15) is 11.2 Å². The van der Waals surface area contributed by atoms with E-state index in [0.29, 0.717) is 0 Å². The van der Waals surface area contributed by atoms with Crippen LogP contribution in [0.25, 0.3) is 44.2 Å². The highest BCUT2D eigenvalue weighted by Gasteiger charge is 2.53. The third kappa shape index (κ3) is 2.12. The summed E-state index contributed by atoms with van der Waals surface area (Å²) in [6, 6.07) is 35.0. The van der Waals surface area contributed by atoms with Crippen LogP contribution in [0.1, 0.15) is 22.3 Å². The topological polar surface area (TPSA) is 13.1 Å². The first-order valence-electron chi connectivity index (χ1n) is 11.3. The third-order valence-corrected chi connectivity index (χ3v) is 8.90. The van der Waals surface area contributed by atoms with Crippen LogP contribution in [0.4, 0.5) is 0 Å². The van der Waals surface area contributed by atoms with E-state index < -0.39 is 5.41 Å². The van der Waals surface area contributed by atoms with E-state index in [1.807, 2.05) is 12.1 Å². The lowest BCUT2D eigenvalue weighted by Crippen LogP contribution is -2.26. The van der Waals surface area contributed by atoms with Gasteiger partial charge in [-0.05, 0) is 84.7 Å². The monoisotopic (exact) mass is 562 g/mol. The van der Waals surface area contributed by atoms with Crippen molar-refractivity contribution in [2.45, 2.75) is 5.41 Å². The number of furan rings is 1. The van der Waals surface area contributed by atoms with Crippen LogP contribution < -0.4 is 0 Å². The summed E-state index contributed by atoms with van der Waals surface area (Å²) in [5.41, 5.74) is 11.8. The number of halogens is 2. The Morgan fingerprint density at radius 1 is 0.559 bits per heavy atom. The molecule has 0 aliphatic heterocycles. The fourth-order valence-corrected chi connectivity index (χ4v) is 7.69. The Morgan fingerprint density at radius 3 is 1.97 bits per heavy atom. The van der Waals surface area contributed by atoms with Crippen molar-refractivity contribution in [3.63, 3.8) is 0 Å². The quantitative estimate of drug-likeness (QED) is 0.179. The number of benzene rings is 5. The molecule has 1 aromatic heterocycles. The largest absolute Gasteiger partial charge is 0.456 e. The zero-order valence-electron chi connectivity index (χ0n) is 17.9. The van der Waals surface area contributed by atoms with Gasteiger partial charge >= 0.3 is 0 Å².